The molecule has 5 aliphatic rings. The van der Waals surface area contributed by atoms with Crippen LogP contribution in [0.2, 0.25) is 5.04 Å². The molecule has 0 N–H and O–H groups in total. The first kappa shape index (κ1) is 44.1. The predicted octanol–water partition coefficient (Wildman–Crippen LogP) is 9.31. The van der Waals surface area contributed by atoms with Crippen LogP contribution in [0.15, 0.2) is 133 Å². The Morgan fingerprint density at radius 2 is 1.40 bits per heavy atom. The van der Waals surface area contributed by atoms with E-state index in [1.807, 2.05) is 24.3 Å². The highest BCUT2D eigenvalue weighted by Gasteiger charge is 2.57. The van der Waals surface area contributed by atoms with Crippen molar-refractivity contribution < 1.29 is 37.6 Å². The molecule has 0 bridgehead atoms. The van der Waals surface area contributed by atoms with Crippen molar-refractivity contribution in [1.29, 1.82) is 0 Å². The van der Waals surface area contributed by atoms with Crippen LogP contribution in [0, 0.1) is 0 Å². The molecule has 0 aromatic heterocycles. The molecule has 5 heterocycles. The molecular weight excluding hydrogens is 813 g/mol. The van der Waals surface area contributed by atoms with Gasteiger partial charge in [0.25, 0.3) is 8.32 Å². The van der Waals surface area contributed by atoms with Gasteiger partial charge in [-0.2, -0.15) is 0 Å². The van der Waals surface area contributed by atoms with E-state index in [-0.39, 0.29) is 60.0 Å². The second-order valence-electron chi connectivity index (χ2n) is 18.5. The summed E-state index contributed by atoms with van der Waals surface area (Å²) in [4.78, 5) is -0.654. The molecule has 4 fully saturated rings. The van der Waals surface area contributed by atoms with Crippen molar-refractivity contribution in [1.82, 2.24) is 0 Å². The molecule has 11 atom stereocenters. The second-order valence-corrected chi connectivity index (χ2v) is 24.4. The van der Waals surface area contributed by atoms with Gasteiger partial charge in [-0.25, -0.2) is 0 Å². The standard InChI is InChI=1S/C52H64O8SSi/c1-5-61-52-34-46-43(57-48(52)30-18-29-42-47(60-52)36-54-50(59-42)38-22-12-7-13-23-38)33-45-49(58-46)44(53-35-37-20-10-6-11-21-37)32-39(56-45)24-19-31-55-62(51(2,3)4,40-25-14-8-15-26-40)41-27-16-9-17-28-41/h6-18,20-23,25-28,30,39,42-50H,5,19,24,29,31-36H2,1-4H3/b30-18-/t39-,42+,43+,44+,45-,46-,47-,48-,49+,50-,52-/m1/s1. The molecule has 4 aromatic rings. The van der Waals surface area contributed by atoms with E-state index in [0.29, 0.717) is 26.2 Å². The lowest BCUT2D eigenvalue weighted by Gasteiger charge is -2.56. The van der Waals surface area contributed by atoms with Gasteiger partial charge in [-0.05, 0) is 46.0 Å². The Bertz CT molecular complexity index is 2000. The minimum atomic E-state index is -2.64. The monoisotopic (exact) mass is 876 g/mol. The van der Waals surface area contributed by atoms with E-state index in [9.17, 15) is 0 Å². The van der Waals surface area contributed by atoms with Gasteiger partial charge < -0.3 is 37.6 Å². The van der Waals surface area contributed by atoms with Crippen LogP contribution in [0.25, 0.3) is 0 Å². The third-order valence-corrected chi connectivity index (χ3v) is 19.7. The first-order valence-electron chi connectivity index (χ1n) is 22.9. The summed E-state index contributed by atoms with van der Waals surface area (Å²) in [6.07, 6.45) is 7.24. The van der Waals surface area contributed by atoms with Gasteiger partial charge in [0.2, 0.25) is 0 Å². The van der Waals surface area contributed by atoms with Gasteiger partial charge in [0.05, 0.1) is 49.8 Å². The molecule has 0 saturated carbocycles. The maximum Gasteiger partial charge on any atom is 0.261 e. The topological polar surface area (TPSA) is 73.8 Å². The van der Waals surface area contributed by atoms with Crippen molar-refractivity contribution in [2.24, 2.45) is 0 Å². The largest absolute Gasteiger partial charge is 0.407 e. The van der Waals surface area contributed by atoms with Gasteiger partial charge in [0.15, 0.2) is 6.29 Å². The SMILES string of the molecule is CCS[C@]12C[C@H]3O[C@H]4[C@@H](OCc5ccccc5)C[C@@H](CCCO[Si](c5ccccc5)(c5ccccc5)C(C)(C)C)O[C@@H]4C[C@@H]3O[C@@H]1/C=C\C[C@@H]1O[C@H](c3ccccc3)OC[C@H]1O2. The van der Waals surface area contributed by atoms with Crippen molar-refractivity contribution in [2.45, 2.75) is 144 Å². The average Bonchev–Trinajstić information content (AvgIpc) is 3.28. The van der Waals surface area contributed by atoms with Gasteiger partial charge in [0.1, 0.15) is 23.2 Å². The highest BCUT2D eigenvalue weighted by atomic mass is 32.2. The van der Waals surface area contributed by atoms with Crippen LogP contribution in [0.3, 0.4) is 0 Å². The normalized spacial score (nSPS) is 32.8. The van der Waals surface area contributed by atoms with Crippen LogP contribution in [0.4, 0.5) is 0 Å². The van der Waals surface area contributed by atoms with E-state index in [0.717, 1.165) is 49.0 Å². The van der Waals surface area contributed by atoms with Crippen molar-refractivity contribution in [2.75, 3.05) is 19.0 Å². The van der Waals surface area contributed by atoms with E-state index >= 15 is 0 Å². The van der Waals surface area contributed by atoms with E-state index in [1.54, 1.807) is 11.8 Å². The Hall–Kier alpha value is -3.13. The Labute approximate surface area is 374 Å². The Morgan fingerprint density at radius 1 is 0.726 bits per heavy atom. The first-order chi connectivity index (χ1) is 30.2. The predicted molar refractivity (Wildman–Crippen MR) is 247 cm³/mol. The summed E-state index contributed by atoms with van der Waals surface area (Å²) in [6, 6.07) is 42.4. The highest BCUT2D eigenvalue weighted by Crippen LogP contribution is 2.50. The maximum atomic E-state index is 7.30. The van der Waals surface area contributed by atoms with Crippen LogP contribution >= 0.6 is 11.8 Å². The summed E-state index contributed by atoms with van der Waals surface area (Å²) in [6.45, 7) is 10.8. The molecule has 330 valence electrons. The third kappa shape index (κ3) is 9.34. The molecule has 8 nitrogen and oxygen atoms in total. The van der Waals surface area contributed by atoms with Crippen molar-refractivity contribution >= 4 is 30.5 Å². The molecule has 0 spiro atoms. The molecule has 0 unspecified atom stereocenters. The van der Waals surface area contributed by atoms with Crippen LogP contribution in [0.1, 0.15) is 83.6 Å². The Kier molecular flexibility index (Phi) is 13.9. The number of ether oxygens (including phenoxy) is 7. The van der Waals surface area contributed by atoms with Crippen LogP contribution in [-0.2, 0) is 44.2 Å². The quantitative estimate of drug-likeness (QED) is 0.0743. The molecule has 5 aliphatic heterocycles. The fourth-order valence-electron chi connectivity index (χ4n) is 10.5. The van der Waals surface area contributed by atoms with Gasteiger partial charge in [-0.15, -0.1) is 11.8 Å². The number of fused-ring (bicyclic) bond motifs is 4. The third-order valence-electron chi connectivity index (χ3n) is 13.4. The summed E-state index contributed by atoms with van der Waals surface area (Å²) in [7, 11) is -2.64. The van der Waals surface area contributed by atoms with Gasteiger partial charge in [0, 0.05) is 31.4 Å². The summed E-state index contributed by atoms with van der Waals surface area (Å²) in [5, 5.41) is 2.52. The molecule has 0 aliphatic carbocycles. The van der Waals surface area contributed by atoms with Crippen LogP contribution in [0.5, 0.6) is 0 Å². The van der Waals surface area contributed by atoms with Crippen LogP contribution < -0.4 is 10.4 Å². The van der Waals surface area contributed by atoms with Gasteiger partial charge in [-0.3, -0.25) is 0 Å². The van der Waals surface area contributed by atoms with E-state index in [2.05, 4.69) is 137 Å². The average molecular weight is 877 g/mol. The first-order valence-corrected chi connectivity index (χ1v) is 25.8. The fraction of sp³-hybridized carbons (Fsp3) is 0.500. The number of benzene rings is 4. The van der Waals surface area contributed by atoms with Crippen molar-refractivity contribution in [3.05, 3.63) is 145 Å². The molecule has 9 rings (SSSR count). The van der Waals surface area contributed by atoms with Crippen molar-refractivity contribution in [3.63, 3.8) is 0 Å². The molecule has 0 radical (unpaired) electrons. The molecule has 62 heavy (non-hydrogen) atoms. The number of hydrogen-bond acceptors (Lipinski definition) is 9. The van der Waals surface area contributed by atoms with Crippen molar-refractivity contribution in [3.8, 4) is 0 Å². The lowest BCUT2D eigenvalue weighted by Crippen LogP contribution is -2.66. The fourth-order valence-corrected chi connectivity index (χ4v) is 16.3. The van der Waals surface area contributed by atoms with E-state index in [1.165, 1.54) is 10.4 Å². The van der Waals surface area contributed by atoms with Gasteiger partial charge >= 0.3 is 0 Å². The van der Waals surface area contributed by atoms with E-state index in [4.69, 9.17) is 37.6 Å². The highest BCUT2D eigenvalue weighted by molar-refractivity contribution is 8.00. The summed E-state index contributed by atoms with van der Waals surface area (Å²) in [5.74, 6) is 0.871. The summed E-state index contributed by atoms with van der Waals surface area (Å²) < 4.78 is 55.5. The maximum absolute atomic E-state index is 7.30. The van der Waals surface area contributed by atoms with Gasteiger partial charge in [-0.1, -0.05) is 161 Å². The minimum Gasteiger partial charge on any atom is -0.407 e. The van der Waals surface area contributed by atoms with E-state index < -0.39 is 19.5 Å². The molecule has 4 saturated heterocycles. The van der Waals surface area contributed by atoms with Crippen LogP contribution in [-0.4, -0.2) is 87.2 Å². The Morgan fingerprint density at radius 3 is 2.08 bits per heavy atom. The lowest BCUT2D eigenvalue weighted by molar-refractivity contribution is -0.317. The number of rotatable bonds is 13. The number of hydrogen-bond donors (Lipinski definition) is 0. The zero-order chi connectivity index (χ0) is 42.6. The minimum absolute atomic E-state index is 0.00539. The molecule has 0 amide bonds. The summed E-state index contributed by atoms with van der Waals surface area (Å²) in [5.41, 5.74) is 2.17. The zero-order valence-corrected chi connectivity index (χ0v) is 38.5. The number of thioether (sulfide) groups is 1. The molecular formula is C52H64O8SSi. The Balaban J connectivity index is 0.909. The lowest BCUT2D eigenvalue weighted by atomic mass is 9.84. The second kappa shape index (κ2) is 19.5. The molecule has 4 aromatic carbocycles. The molecule has 10 heteroatoms. The smallest absolute Gasteiger partial charge is 0.261 e. The zero-order valence-electron chi connectivity index (χ0n) is 36.7. The summed E-state index contributed by atoms with van der Waals surface area (Å²) >= 11 is 1.80.